The van der Waals surface area contributed by atoms with E-state index in [1.807, 2.05) is 0 Å². The molecule has 11 heteroatoms. The Morgan fingerprint density at radius 3 is 2.36 bits per heavy atom. The molecule has 50 heavy (non-hydrogen) atoms. The van der Waals surface area contributed by atoms with E-state index in [1.54, 1.807) is 7.11 Å². The Hall–Kier alpha value is -1.54. The van der Waals surface area contributed by atoms with Gasteiger partial charge in [0.05, 0.1) is 61.0 Å². The second-order valence-corrected chi connectivity index (χ2v) is 16.7. The van der Waals surface area contributed by atoms with Crippen LogP contribution in [-0.2, 0) is 52.2 Å². The lowest BCUT2D eigenvalue weighted by Gasteiger charge is -2.47. The molecule has 0 aromatic carbocycles. The smallest absolute Gasteiger partial charge is 0.172 e. The first kappa shape index (κ1) is 34.2. The summed E-state index contributed by atoms with van der Waals surface area (Å²) in [6.07, 6.45) is 6.39. The molecule has 10 saturated heterocycles. The van der Waals surface area contributed by atoms with Crippen LogP contribution in [0.25, 0.3) is 0 Å². The molecule has 10 aliphatic rings. The molecule has 0 radical (unpaired) electrons. The summed E-state index contributed by atoms with van der Waals surface area (Å²) < 4.78 is 59.6. The van der Waals surface area contributed by atoms with Crippen LogP contribution in [0.2, 0.25) is 0 Å². The summed E-state index contributed by atoms with van der Waals surface area (Å²) in [5.74, 6) is -0.608. The van der Waals surface area contributed by atoms with Crippen molar-refractivity contribution in [2.24, 2.45) is 11.8 Å². The molecule has 10 rings (SSSR count). The van der Waals surface area contributed by atoms with Gasteiger partial charge in [-0.2, -0.15) is 0 Å². The quantitative estimate of drug-likeness (QED) is 0.310. The van der Waals surface area contributed by atoms with Crippen LogP contribution in [0, 0.1) is 11.8 Å². The van der Waals surface area contributed by atoms with E-state index in [0.29, 0.717) is 19.3 Å². The maximum Gasteiger partial charge on any atom is 0.172 e. The van der Waals surface area contributed by atoms with Gasteiger partial charge in [-0.25, -0.2) is 0 Å². The molecule has 18 atom stereocenters. The van der Waals surface area contributed by atoms with E-state index in [0.717, 1.165) is 62.4 Å². The Bertz CT molecular complexity index is 1350. The summed E-state index contributed by atoms with van der Waals surface area (Å²) in [6, 6.07) is 0. The Morgan fingerprint density at radius 2 is 1.52 bits per heavy atom. The molecule has 0 saturated carbocycles. The van der Waals surface area contributed by atoms with E-state index >= 15 is 0 Å². The van der Waals surface area contributed by atoms with Crippen molar-refractivity contribution >= 4 is 12.1 Å². The molecule has 0 N–H and O–H groups in total. The first-order valence-electron chi connectivity index (χ1n) is 19.3. The zero-order valence-corrected chi connectivity index (χ0v) is 29.5. The maximum atomic E-state index is 13.9. The van der Waals surface area contributed by atoms with E-state index < -0.39 is 11.9 Å². The van der Waals surface area contributed by atoms with Gasteiger partial charge in [-0.15, -0.1) is 0 Å². The van der Waals surface area contributed by atoms with E-state index in [1.165, 1.54) is 0 Å². The maximum absolute atomic E-state index is 13.9. The van der Waals surface area contributed by atoms with E-state index in [4.69, 9.17) is 42.6 Å². The lowest BCUT2D eigenvalue weighted by Crippen LogP contribution is -2.61. The minimum absolute atomic E-state index is 0.0117. The summed E-state index contributed by atoms with van der Waals surface area (Å²) in [5, 5.41) is 0. The number of fused-ring (bicyclic) bond motifs is 6. The third kappa shape index (κ3) is 6.00. The fourth-order valence-corrected chi connectivity index (χ4v) is 11.0. The van der Waals surface area contributed by atoms with Gasteiger partial charge < -0.3 is 47.4 Å². The fraction of sp³-hybridized carbons (Fsp3) is 0.846. The minimum atomic E-state index is -0.776. The Morgan fingerprint density at radius 1 is 0.760 bits per heavy atom. The van der Waals surface area contributed by atoms with Gasteiger partial charge in [0.2, 0.25) is 0 Å². The zero-order chi connectivity index (χ0) is 34.3. The number of ether oxygens (including phenoxy) is 9. The standard InChI is InChI=1S/C39H54O11/c1-19-13-23-5-7-27-20(2)14-25(43-27)9-11-39-18-32-35(49-39)36-37(48-32)38(50-39)34-28(47-36)8-6-24(45-34)15-22(41)16-26-31(17-30(44-23)21(19)3)46-29(10-12-40)33(26)42-4/h12,19,23-38H,2-3,5-11,13-18H2,1,4H3/t19-,23+,24-,25+,26+,27+,28+,29-,30-,31+,32-,33-,34+,35+,36+,37-,38+,39+/m1/s1. The highest BCUT2D eigenvalue weighted by Gasteiger charge is 2.68. The molecule has 0 aliphatic carbocycles. The van der Waals surface area contributed by atoms with Crippen LogP contribution in [0.5, 0.6) is 0 Å². The van der Waals surface area contributed by atoms with Crippen molar-refractivity contribution in [2.45, 2.75) is 188 Å². The summed E-state index contributed by atoms with van der Waals surface area (Å²) in [5.41, 5.74) is 2.20. The van der Waals surface area contributed by atoms with E-state index in [-0.39, 0.29) is 122 Å². The predicted octanol–water partition coefficient (Wildman–Crippen LogP) is 4.32. The van der Waals surface area contributed by atoms with Crippen molar-refractivity contribution < 1.29 is 52.2 Å². The topological polar surface area (TPSA) is 117 Å². The molecule has 0 aromatic heterocycles. The van der Waals surface area contributed by atoms with Crippen LogP contribution in [0.1, 0.15) is 90.4 Å². The third-order valence-corrected chi connectivity index (χ3v) is 13.5. The molecule has 10 aliphatic heterocycles. The molecule has 10 heterocycles. The molecular weight excluding hydrogens is 644 g/mol. The molecular formula is C39H54O11. The Kier molecular flexibility index (Phi) is 9.17. The highest BCUT2D eigenvalue weighted by Crippen LogP contribution is 2.54. The third-order valence-electron chi connectivity index (χ3n) is 13.5. The van der Waals surface area contributed by atoms with Gasteiger partial charge in [0.1, 0.15) is 42.6 Å². The molecule has 0 aromatic rings. The molecule has 11 nitrogen and oxygen atoms in total. The Labute approximate surface area is 295 Å². The number of aldehydes is 1. The first-order chi connectivity index (χ1) is 24.2. The van der Waals surface area contributed by atoms with Crippen LogP contribution in [-0.4, -0.2) is 117 Å². The molecule has 10 fully saturated rings. The highest BCUT2D eigenvalue weighted by atomic mass is 16.8. The number of hydrogen-bond donors (Lipinski definition) is 0. The van der Waals surface area contributed by atoms with Crippen LogP contribution >= 0.6 is 0 Å². The molecule has 0 amide bonds. The summed E-state index contributed by atoms with van der Waals surface area (Å²) in [4.78, 5) is 25.6. The number of rotatable bonds is 3. The molecule has 276 valence electrons. The number of ketones is 1. The molecule has 12 bridgehead atoms. The van der Waals surface area contributed by atoms with Crippen LogP contribution < -0.4 is 0 Å². The summed E-state index contributed by atoms with van der Waals surface area (Å²) in [7, 11) is 1.64. The van der Waals surface area contributed by atoms with Gasteiger partial charge in [0.15, 0.2) is 5.79 Å². The average molecular weight is 699 g/mol. The second-order valence-electron chi connectivity index (χ2n) is 16.7. The van der Waals surface area contributed by atoms with Crippen molar-refractivity contribution in [1.82, 2.24) is 0 Å². The predicted molar refractivity (Wildman–Crippen MR) is 177 cm³/mol. The van der Waals surface area contributed by atoms with E-state index in [9.17, 15) is 9.59 Å². The SMILES string of the molecule is C=C1C[C@@H]2CC[C@@]34C[C@H]5O[C@H]6[C@@H](O3)[C@H]3O[C@H](CC[C@@H]3O[C@H]6[C@H]5O4)CC(=O)C[C@@H]3[C@@H](OC)[C@@H](CC=O)O[C@H]3C[C@H]3O[C@@H](CC[C@@H]1O2)C[C@@H](C)C3=C. The van der Waals surface area contributed by atoms with Crippen molar-refractivity contribution in [3.63, 3.8) is 0 Å². The monoisotopic (exact) mass is 698 g/mol. The lowest BCUT2D eigenvalue weighted by atomic mass is 9.81. The van der Waals surface area contributed by atoms with Crippen LogP contribution in [0.15, 0.2) is 24.3 Å². The van der Waals surface area contributed by atoms with Gasteiger partial charge in [-0.05, 0) is 62.0 Å². The lowest BCUT2D eigenvalue weighted by molar-refractivity contribution is -0.292. The number of Topliss-reactive ketones (excluding diaryl/α,β-unsaturated/α-hetero) is 1. The first-order valence-corrected chi connectivity index (χ1v) is 19.3. The van der Waals surface area contributed by atoms with Gasteiger partial charge in [0.25, 0.3) is 0 Å². The van der Waals surface area contributed by atoms with Crippen molar-refractivity contribution in [3.05, 3.63) is 24.3 Å². The highest BCUT2D eigenvalue weighted by molar-refractivity contribution is 5.79. The van der Waals surface area contributed by atoms with Crippen molar-refractivity contribution in [3.8, 4) is 0 Å². The molecule has 1 spiro atoms. The number of carbonyl (C=O) groups excluding carboxylic acids is 2. The zero-order valence-electron chi connectivity index (χ0n) is 29.5. The van der Waals surface area contributed by atoms with Crippen LogP contribution in [0.3, 0.4) is 0 Å². The fourth-order valence-electron chi connectivity index (χ4n) is 11.0. The normalized spacial score (nSPS) is 53.2. The number of methoxy groups -OCH3 is 1. The number of carbonyl (C=O) groups is 2. The van der Waals surface area contributed by atoms with Gasteiger partial charge in [0, 0.05) is 51.6 Å². The number of hydrogen-bond acceptors (Lipinski definition) is 11. The molecule has 0 unspecified atom stereocenters. The van der Waals surface area contributed by atoms with Crippen LogP contribution in [0.4, 0.5) is 0 Å². The van der Waals surface area contributed by atoms with Crippen molar-refractivity contribution in [1.29, 1.82) is 0 Å². The van der Waals surface area contributed by atoms with E-state index in [2.05, 4.69) is 20.1 Å². The summed E-state index contributed by atoms with van der Waals surface area (Å²) >= 11 is 0. The van der Waals surface area contributed by atoms with Gasteiger partial charge >= 0.3 is 0 Å². The largest absolute Gasteiger partial charge is 0.378 e. The summed E-state index contributed by atoms with van der Waals surface area (Å²) in [6.45, 7) is 11.1. The van der Waals surface area contributed by atoms with Gasteiger partial charge in [-0.1, -0.05) is 20.1 Å². The van der Waals surface area contributed by atoms with Gasteiger partial charge in [-0.3, -0.25) is 4.79 Å². The Balaban J connectivity index is 0.996. The minimum Gasteiger partial charge on any atom is -0.378 e. The second kappa shape index (κ2) is 13.4. The van der Waals surface area contributed by atoms with Crippen molar-refractivity contribution in [2.75, 3.05) is 7.11 Å². The average Bonchev–Trinajstić information content (AvgIpc) is 3.76.